The molecule has 0 aliphatic carbocycles. The van der Waals surface area contributed by atoms with Gasteiger partial charge in [-0.3, -0.25) is 9.59 Å². The highest BCUT2D eigenvalue weighted by Crippen LogP contribution is 2.13. The molecular formula is C42H84O4. The zero-order valence-electron chi connectivity index (χ0n) is 32.1. The molecule has 0 aliphatic heterocycles. The van der Waals surface area contributed by atoms with Gasteiger partial charge in [-0.15, -0.1) is 0 Å². The fourth-order valence-electron chi connectivity index (χ4n) is 5.79. The molecule has 276 valence electrons. The minimum Gasteiger partial charge on any atom is -0.466 e. The van der Waals surface area contributed by atoms with E-state index in [-0.39, 0.29) is 11.9 Å². The van der Waals surface area contributed by atoms with Crippen molar-refractivity contribution in [1.29, 1.82) is 0 Å². The summed E-state index contributed by atoms with van der Waals surface area (Å²) >= 11 is 0. The summed E-state index contributed by atoms with van der Waals surface area (Å²) in [6.45, 7) is 10.2. The normalized spacial score (nSPS) is 10.9. The molecule has 4 heteroatoms. The minimum atomic E-state index is 0.00687. The second-order valence-corrected chi connectivity index (χ2v) is 13.8. The Bertz CT molecular complexity index is 576. The second kappa shape index (κ2) is 43.9. The van der Waals surface area contributed by atoms with Gasteiger partial charge in [0.2, 0.25) is 0 Å². The fourth-order valence-corrected chi connectivity index (χ4v) is 5.79. The summed E-state index contributed by atoms with van der Waals surface area (Å²) in [6, 6.07) is 0. The van der Waals surface area contributed by atoms with Crippen LogP contribution < -0.4 is 0 Å². The van der Waals surface area contributed by atoms with Crippen molar-refractivity contribution in [3.05, 3.63) is 0 Å². The number of rotatable bonds is 36. The minimum absolute atomic E-state index is 0.00687. The van der Waals surface area contributed by atoms with Crippen LogP contribution in [0.1, 0.15) is 246 Å². The van der Waals surface area contributed by atoms with Crippen LogP contribution in [0.2, 0.25) is 0 Å². The van der Waals surface area contributed by atoms with Crippen molar-refractivity contribution in [2.24, 2.45) is 0 Å². The fraction of sp³-hybridized carbons (Fsp3) is 0.952. The number of carbonyl (C=O) groups excluding carboxylic acids is 2. The maximum Gasteiger partial charge on any atom is 0.305 e. The van der Waals surface area contributed by atoms with Crippen LogP contribution in [-0.4, -0.2) is 25.2 Å². The molecule has 46 heavy (non-hydrogen) atoms. The summed E-state index contributed by atoms with van der Waals surface area (Å²) < 4.78 is 10.6. The molecule has 0 aromatic carbocycles. The third kappa shape index (κ3) is 45.1. The average molecular weight is 653 g/mol. The lowest BCUT2D eigenvalue weighted by atomic mass is 10.1. The van der Waals surface area contributed by atoms with Crippen molar-refractivity contribution < 1.29 is 19.1 Å². The highest BCUT2D eigenvalue weighted by Gasteiger charge is 2.03. The molecule has 0 radical (unpaired) electrons. The van der Waals surface area contributed by atoms with Gasteiger partial charge in [0, 0.05) is 12.8 Å². The number of esters is 2. The summed E-state index contributed by atoms with van der Waals surface area (Å²) in [5.41, 5.74) is 0. The van der Waals surface area contributed by atoms with Crippen LogP contribution in [0.3, 0.4) is 0 Å². The number of hydrogen-bond donors (Lipinski definition) is 0. The SMILES string of the molecule is CCCCCCCCCCCCOC(=O)CCCCCCC.CCCCCCCCCCCCOC(=O)CCCCCCCCC. The summed E-state index contributed by atoms with van der Waals surface area (Å²) in [6.07, 6.45) is 42.3. The standard InChI is InChI=1S/C22H44O2.C20H40O2/c1-3-5-7-9-11-12-13-15-17-19-21-24-22(23)20-18-16-14-10-8-6-4-2;1-3-5-7-9-10-11-12-13-15-17-19-22-20(21)18-16-14-8-6-4-2/h3-21H2,1-2H3;3-19H2,1-2H3. The average Bonchev–Trinajstić information content (AvgIpc) is 3.06. The maximum atomic E-state index is 11.6. The molecular weight excluding hydrogens is 568 g/mol. The largest absolute Gasteiger partial charge is 0.466 e. The molecule has 0 aliphatic rings. The van der Waals surface area contributed by atoms with Crippen LogP contribution in [0.5, 0.6) is 0 Å². The molecule has 0 unspecified atom stereocenters. The highest BCUT2D eigenvalue weighted by atomic mass is 16.5. The first kappa shape index (κ1) is 47.1. The van der Waals surface area contributed by atoms with E-state index in [1.807, 2.05) is 0 Å². The summed E-state index contributed by atoms with van der Waals surface area (Å²) in [4.78, 5) is 23.1. The van der Waals surface area contributed by atoms with Gasteiger partial charge in [0.1, 0.15) is 0 Å². The van der Waals surface area contributed by atoms with Crippen LogP contribution >= 0.6 is 0 Å². The zero-order chi connectivity index (χ0) is 34.0. The molecule has 0 aromatic rings. The van der Waals surface area contributed by atoms with E-state index in [9.17, 15) is 9.59 Å². The predicted octanol–water partition coefficient (Wildman–Crippen LogP) is 14.4. The Kier molecular flexibility index (Phi) is 45.0. The van der Waals surface area contributed by atoms with E-state index in [0.717, 1.165) is 25.7 Å². The highest BCUT2D eigenvalue weighted by molar-refractivity contribution is 5.69. The molecule has 4 nitrogen and oxygen atoms in total. The van der Waals surface area contributed by atoms with Gasteiger partial charge in [-0.1, -0.05) is 207 Å². The van der Waals surface area contributed by atoms with E-state index < -0.39 is 0 Å². The number of ether oxygens (including phenoxy) is 2. The van der Waals surface area contributed by atoms with E-state index in [1.165, 1.54) is 180 Å². The van der Waals surface area contributed by atoms with Crippen molar-refractivity contribution in [3.63, 3.8) is 0 Å². The predicted molar refractivity (Wildman–Crippen MR) is 202 cm³/mol. The van der Waals surface area contributed by atoms with Gasteiger partial charge < -0.3 is 9.47 Å². The Morgan fingerprint density at radius 1 is 0.283 bits per heavy atom. The zero-order valence-corrected chi connectivity index (χ0v) is 32.1. The van der Waals surface area contributed by atoms with Gasteiger partial charge >= 0.3 is 11.9 Å². The number of hydrogen-bond acceptors (Lipinski definition) is 4. The van der Waals surface area contributed by atoms with Gasteiger partial charge in [0.25, 0.3) is 0 Å². The first-order chi connectivity index (χ1) is 22.6. The molecule has 0 saturated carbocycles. The van der Waals surface area contributed by atoms with Gasteiger partial charge in [-0.05, 0) is 25.7 Å². The first-order valence-electron chi connectivity index (χ1n) is 20.9. The molecule has 0 fully saturated rings. The van der Waals surface area contributed by atoms with Crippen molar-refractivity contribution >= 4 is 11.9 Å². The second-order valence-electron chi connectivity index (χ2n) is 13.8. The lowest BCUT2D eigenvalue weighted by molar-refractivity contribution is -0.144. The molecule has 0 saturated heterocycles. The number of unbranched alkanes of at least 4 members (excludes halogenated alkanes) is 28. The van der Waals surface area contributed by atoms with Gasteiger partial charge in [0.05, 0.1) is 13.2 Å². The number of carbonyl (C=O) groups is 2. The van der Waals surface area contributed by atoms with Crippen molar-refractivity contribution in [2.75, 3.05) is 13.2 Å². The molecule has 0 bridgehead atoms. The van der Waals surface area contributed by atoms with E-state index in [1.54, 1.807) is 0 Å². The third-order valence-corrected chi connectivity index (χ3v) is 8.99. The van der Waals surface area contributed by atoms with Crippen molar-refractivity contribution in [1.82, 2.24) is 0 Å². The maximum absolute atomic E-state index is 11.6. The van der Waals surface area contributed by atoms with Crippen LogP contribution in [-0.2, 0) is 19.1 Å². The molecule has 0 N–H and O–H groups in total. The Morgan fingerprint density at radius 2 is 0.478 bits per heavy atom. The Hall–Kier alpha value is -1.06. The van der Waals surface area contributed by atoms with Crippen molar-refractivity contribution in [3.8, 4) is 0 Å². The van der Waals surface area contributed by atoms with Crippen molar-refractivity contribution in [2.45, 2.75) is 246 Å². The Morgan fingerprint density at radius 3 is 0.717 bits per heavy atom. The first-order valence-corrected chi connectivity index (χ1v) is 20.9. The Balaban J connectivity index is 0. The molecule has 0 aromatic heterocycles. The van der Waals surface area contributed by atoms with Crippen LogP contribution in [0.15, 0.2) is 0 Å². The van der Waals surface area contributed by atoms with Crippen LogP contribution in [0.4, 0.5) is 0 Å². The quantitative estimate of drug-likeness (QED) is 0.0499. The molecule has 0 heterocycles. The monoisotopic (exact) mass is 653 g/mol. The van der Waals surface area contributed by atoms with Gasteiger partial charge in [-0.25, -0.2) is 0 Å². The lowest BCUT2D eigenvalue weighted by Crippen LogP contribution is -2.05. The summed E-state index contributed by atoms with van der Waals surface area (Å²) in [5, 5.41) is 0. The smallest absolute Gasteiger partial charge is 0.305 e. The Labute approximate surface area is 289 Å². The van der Waals surface area contributed by atoms with Gasteiger partial charge in [-0.2, -0.15) is 0 Å². The van der Waals surface area contributed by atoms with E-state index >= 15 is 0 Å². The van der Waals surface area contributed by atoms with Gasteiger partial charge in [0.15, 0.2) is 0 Å². The van der Waals surface area contributed by atoms with E-state index in [2.05, 4.69) is 27.7 Å². The lowest BCUT2D eigenvalue weighted by Gasteiger charge is -2.05. The summed E-state index contributed by atoms with van der Waals surface area (Å²) in [5.74, 6) is 0.0203. The van der Waals surface area contributed by atoms with E-state index in [4.69, 9.17) is 9.47 Å². The van der Waals surface area contributed by atoms with Crippen LogP contribution in [0, 0.1) is 0 Å². The van der Waals surface area contributed by atoms with E-state index in [0.29, 0.717) is 26.1 Å². The molecule has 0 amide bonds. The van der Waals surface area contributed by atoms with Crippen LogP contribution in [0.25, 0.3) is 0 Å². The topological polar surface area (TPSA) is 52.6 Å². The molecule has 0 rings (SSSR count). The molecule has 0 spiro atoms. The third-order valence-electron chi connectivity index (χ3n) is 8.99. The molecule has 0 atom stereocenters. The summed E-state index contributed by atoms with van der Waals surface area (Å²) in [7, 11) is 0.